The predicted octanol–water partition coefficient (Wildman–Crippen LogP) is 2.05. The molecular formula is C18H15N3O7. The lowest BCUT2D eigenvalue weighted by atomic mass is 10.1. The molecule has 1 unspecified atom stereocenters. The highest BCUT2D eigenvalue weighted by Gasteiger charge is 2.33. The van der Waals surface area contributed by atoms with Crippen LogP contribution in [-0.2, 0) is 9.59 Å². The fraction of sp³-hybridized carbons (Fsp3) is 0.167. The standard InChI is InChI=1S/C18H15N3O7/c1-10-17(23)20(14-7-11(18(24)25)5-6-15(14)28-10)9-16(22)19-12-3-2-4-13(8-12)21(26)27/h2-8,10H,9H2,1H3,(H,19,22)(H,24,25). The van der Waals surface area contributed by atoms with E-state index in [-0.39, 0.29) is 28.4 Å². The van der Waals surface area contributed by atoms with E-state index in [2.05, 4.69) is 5.32 Å². The quantitative estimate of drug-likeness (QED) is 0.593. The molecule has 1 aliphatic rings. The Morgan fingerprint density at radius 3 is 2.71 bits per heavy atom. The second-order valence-electron chi connectivity index (χ2n) is 6.03. The van der Waals surface area contributed by atoms with Crippen LogP contribution in [0.4, 0.5) is 17.1 Å². The zero-order valence-corrected chi connectivity index (χ0v) is 14.6. The van der Waals surface area contributed by atoms with Gasteiger partial charge in [0.1, 0.15) is 12.3 Å². The summed E-state index contributed by atoms with van der Waals surface area (Å²) in [5.74, 6) is -2.02. The van der Waals surface area contributed by atoms with E-state index < -0.39 is 35.4 Å². The molecule has 10 heteroatoms. The van der Waals surface area contributed by atoms with E-state index in [1.807, 2.05) is 0 Å². The number of benzene rings is 2. The van der Waals surface area contributed by atoms with Crippen LogP contribution in [0.1, 0.15) is 17.3 Å². The van der Waals surface area contributed by atoms with Gasteiger partial charge in [0.25, 0.3) is 11.6 Å². The van der Waals surface area contributed by atoms with E-state index in [0.717, 1.165) is 4.90 Å². The molecule has 0 fully saturated rings. The van der Waals surface area contributed by atoms with Crippen molar-refractivity contribution in [1.29, 1.82) is 0 Å². The highest BCUT2D eigenvalue weighted by atomic mass is 16.6. The maximum absolute atomic E-state index is 12.5. The Hall–Kier alpha value is -3.95. The maximum Gasteiger partial charge on any atom is 0.335 e. The van der Waals surface area contributed by atoms with Crippen LogP contribution in [0.25, 0.3) is 0 Å². The lowest BCUT2D eigenvalue weighted by Gasteiger charge is -2.32. The number of amides is 2. The summed E-state index contributed by atoms with van der Waals surface area (Å²) < 4.78 is 5.46. The van der Waals surface area contributed by atoms with Crippen molar-refractivity contribution in [3.05, 3.63) is 58.1 Å². The number of hydrogen-bond donors (Lipinski definition) is 2. The summed E-state index contributed by atoms with van der Waals surface area (Å²) in [4.78, 5) is 47.5. The molecule has 0 radical (unpaired) electrons. The number of carbonyl (C=O) groups excluding carboxylic acids is 2. The first kappa shape index (κ1) is 18.8. The number of nitro benzene ring substituents is 1. The Morgan fingerprint density at radius 2 is 2.04 bits per heavy atom. The molecular weight excluding hydrogens is 370 g/mol. The number of carboxylic acids is 1. The first-order chi connectivity index (χ1) is 13.3. The zero-order valence-electron chi connectivity index (χ0n) is 14.6. The first-order valence-corrected chi connectivity index (χ1v) is 8.16. The molecule has 3 rings (SSSR count). The summed E-state index contributed by atoms with van der Waals surface area (Å²) >= 11 is 0. The molecule has 1 heterocycles. The maximum atomic E-state index is 12.5. The highest BCUT2D eigenvalue weighted by molar-refractivity contribution is 6.07. The third kappa shape index (κ3) is 3.75. The van der Waals surface area contributed by atoms with Gasteiger partial charge in [0.05, 0.1) is 16.2 Å². The largest absolute Gasteiger partial charge is 0.479 e. The van der Waals surface area contributed by atoms with Gasteiger partial charge in [0.15, 0.2) is 6.10 Å². The average Bonchev–Trinajstić information content (AvgIpc) is 2.65. The van der Waals surface area contributed by atoms with E-state index in [4.69, 9.17) is 9.84 Å². The van der Waals surface area contributed by atoms with Crippen LogP contribution in [0.2, 0.25) is 0 Å². The van der Waals surface area contributed by atoms with Gasteiger partial charge in [0, 0.05) is 17.8 Å². The van der Waals surface area contributed by atoms with Crippen molar-refractivity contribution in [1.82, 2.24) is 0 Å². The number of anilines is 2. The molecule has 2 aromatic rings. The molecule has 2 aromatic carbocycles. The monoisotopic (exact) mass is 385 g/mol. The number of fused-ring (bicyclic) bond motifs is 1. The number of nitrogens with one attached hydrogen (secondary N) is 1. The minimum atomic E-state index is -1.19. The molecule has 1 atom stereocenters. The van der Waals surface area contributed by atoms with Crippen LogP contribution in [0, 0.1) is 10.1 Å². The van der Waals surface area contributed by atoms with Gasteiger partial charge >= 0.3 is 5.97 Å². The topological polar surface area (TPSA) is 139 Å². The molecule has 0 aliphatic carbocycles. The lowest BCUT2D eigenvalue weighted by Crippen LogP contribution is -2.47. The Morgan fingerprint density at radius 1 is 1.29 bits per heavy atom. The minimum Gasteiger partial charge on any atom is -0.479 e. The van der Waals surface area contributed by atoms with E-state index in [0.29, 0.717) is 0 Å². The number of aromatic carboxylic acids is 1. The average molecular weight is 385 g/mol. The Bertz CT molecular complexity index is 989. The van der Waals surface area contributed by atoms with E-state index in [1.165, 1.54) is 49.4 Å². The SMILES string of the molecule is CC1Oc2ccc(C(=O)O)cc2N(CC(=O)Nc2cccc([N+](=O)[O-])c2)C1=O. The second-order valence-corrected chi connectivity index (χ2v) is 6.03. The zero-order chi connectivity index (χ0) is 20.4. The summed E-state index contributed by atoms with van der Waals surface area (Å²) in [6.45, 7) is 1.10. The van der Waals surface area contributed by atoms with Gasteiger partial charge in [0.2, 0.25) is 5.91 Å². The summed E-state index contributed by atoms with van der Waals surface area (Å²) in [5, 5.41) is 22.5. The van der Waals surface area contributed by atoms with Gasteiger partial charge in [-0.05, 0) is 31.2 Å². The van der Waals surface area contributed by atoms with Crippen LogP contribution in [0.5, 0.6) is 5.75 Å². The fourth-order valence-electron chi connectivity index (χ4n) is 2.74. The van der Waals surface area contributed by atoms with Crippen LogP contribution >= 0.6 is 0 Å². The van der Waals surface area contributed by atoms with Gasteiger partial charge in [-0.2, -0.15) is 0 Å². The third-order valence-corrected chi connectivity index (χ3v) is 4.06. The summed E-state index contributed by atoms with van der Waals surface area (Å²) in [6, 6.07) is 9.39. The van der Waals surface area contributed by atoms with E-state index >= 15 is 0 Å². The van der Waals surface area contributed by atoms with Gasteiger partial charge in [-0.15, -0.1) is 0 Å². The molecule has 0 saturated carbocycles. The van der Waals surface area contributed by atoms with E-state index in [9.17, 15) is 24.5 Å². The third-order valence-electron chi connectivity index (χ3n) is 4.06. The normalized spacial score (nSPS) is 15.4. The molecule has 28 heavy (non-hydrogen) atoms. The molecule has 0 saturated heterocycles. The van der Waals surface area contributed by atoms with Gasteiger partial charge in [-0.25, -0.2) is 4.79 Å². The predicted molar refractivity (Wildman–Crippen MR) is 97.6 cm³/mol. The van der Waals surface area contributed by atoms with Crippen LogP contribution in [0.15, 0.2) is 42.5 Å². The van der Waals surface area contributed by atoms with Gasteiger partial charge in [-0.3, -0.25) is 24.6 Å². The molecule has 0 spiro atoms. The number of nitro groups is 1. The first-order valence-electron chi connectivity index (χ1n) is 8.16. The van der Waals surface area contributed by atoms with Crippen molar-refractivity contribution in [3.63, 3.8) is 0 Å². The molecule has 0 bridgehead atoms. The minimum absolute atomic E-state index is 0.0613. The van der Waals surface area contributed by atoms with Crippen molar-refractivity contribution in [2.24, 2.45) is 0 Å². The smallest absolute Gasteiger partial charge is 0.335 e. The van der Waals surface area contributed by atoms with Crippen LogP contribution in [-0.4, -0.2) is 40.5 Å². The number of rotatable bonds is 5. The summed E-state index contributed by atoms with van der Waals surface area (Å²) in [7, 11) is 0. The van der Waals surface area contributed by atoms with Crippen molar-refractivity contribution in [3.8, 4) is 5.75 Å². The number of ether oxygens (including phenoxy) is 1. The van der Waals surface area contributed by atoms with Crippen molar-refractivity contribution < 1.29 is 29.2 Å². The van der Waals surface area contributed by atoms with Crippen LogP contribution < -0.4 is 15.0 Å². The molecule has 0 aromatic heterocycles. The molecule has 1 aliphatic heterocycles. The number of hydrogen-bond acceptors (Lipinski definition) is 6. The van der Waals surface area contributed by atoms with Crippen LogP contribution in [0.3, 0.4) is 0 Å². The molecule has 2 amide bonds. The number of carboxylic acid groups (broad SMARTS) is 1. The second kappa shape index (κ2) is 7.35. The summed E-state index contributed by atoms with van der Waals surface area (Å²) in [6.07, 6.45) is -0.853. The van der Waals surface area contributed by atoms with E-state index in [1.54, 1.807) is 0 Å². The number of non-ortho nitro benzene ring substituents is 1. The molecule has 10 nitrogen and oxygen atoms in total. The molecule has 2 N–H and O–H groups in total. The lowest BCUT2D eigenvalue weighted by molar-refractivity contribution is -0.384. The Kier molecular flexibility index (Phi) is 4.94. The highest BCUT2D eigenvalue weighted by Crippen LogP contribution is 2.35. The summed E-state index contributed by atoms with van der Waals surface area (Å²) in [5.41, 5.74) is 0.115. The van der Waals surface area contributed by atoms with Gasteiger partial charge in [-0.1, -0.05) is 6.07 Å². The van der Waals surface area contributed by atoms with Crippen molar-refractivity contribution in [2.75, 3.05) is 16.8 Å². The Labute approximate surface area is 158 Å². The molecule has 144 valence electrons. The van der Waals surface area contributed by atoms with Crippen molar-refractivity contribution in [2.45, 2.75) is 13.0 Å². The number of carbonyl (C=O) groups is 3. The van der Waals surface area contributed by atoms with Gasteiger partial charge < -0.3 is 15.2 Å². The number of nitrogens with zero attached hydrogens (tertiary/aromatic N) is 2. The Balaban J connectivity index is 1.85. The fourth-order valence-corrected chi connectivity index (χ4v) is 2.74. The van der Waals surface area contributed by atoms with Crippen molar-refractivity contribution >= 4 is 34.8 Å².